The monoisotopic (exact) mass is 350 g/mol. The summed E-state index contributed by atoms with van der Waals surface area (Å²) in [5.41, 5.74) is 3.08. The topological polar surface area (TPSA) is 28.7 Å². The SMILES string of the molecule is Brc1ccc(Br)c(-c2nc3ccccc3[nH]2)c1. The van der Waals surface area contributed by atoms with Crippen LogP contribution in [0.25, 0.3) is 22.4 Å². The zero-order chi connectivity index (χ0) is 11.8. The Balaban J connectivity index is 2.23. The van der Waals surface area contributed by atoms with Crippen molar-refractivity contribution in [3.63, 3.8) is 0 Å². The summed E-state index contributed by atoms with van der Waals surface area (Å²) in [5, 5.41) is 0. The summed E-state index contributed by atoms with van der Waals surface area (Å²) in [6.45, 7) is 0. The molecule has 0 fully saturated rings. The Labute approximate surface area is 115 Å². The lowest BCUT2D eigenvalue weighted by atomic mass is 10.2. The van der Waals surface area contributed by atoms with Gasteiger partial charge in [0.1, 0.15) is 5.82 Å². The van der Waals surface area contributed by atoms with Gasteiger partial charge < -0.3 is 4.98 Å². The first-order valence-corrected chi connectivity index (χ1v) is 6.73. The number of aromatic amines is 1. The highest BCUT2D eigenvalue weighted by Crippen LogP contribution is 2.30. The number of imidazole rings is 1. The van der Waals surface area contributed by atoms with Gasteiger partial charge in [-0.15, -0.1) is 0 Å². The van der Waals surface area contributed by atoms with E-state index in [4.69, 9.17) is 0 Å². The molecule has 0 aliphatic rings. The van der Waals surface area contributed by atoms with E-state index < -0.39 is 0 Å². The van der Waals surface area contributed by atoms with Gasteiger partial charge in [-0.1, -0.05) is 44.0 Å². The molecule has 4 heteroatoms. The van der Waals surface area contributed by atoms with Crippen LogP contribution in [-0.2, 0) is 0 Å². The van der Waals surface area contributed by atoms with Gasteiger partial charge in [0.25, 0.3) is 0 Å². The van der Waals surface area contributed by atoms with Crippen LogP contribution in [0, 0.1) is 0 Å². The third-order valence-corrected chi connectivity index (χ3v) is 3.76. The standard InChI is InChI=1S/C13H8Br2N2/c14-8-5-6-10(15)9(7-8)13-16-11-3-1-2-4-12(11)17-13/h1-7H,(H,16,17). The number of rotatable bonds is 1. The first-order valence-electron chi connectivity index (χ1n) is 5.14. The van der Waals surface area contributed by atoms with Crippen LogP contribution >= 0.6 is 31.9 Å². The van der Waals surface area contributed by atoms with Crippen molar-refractivity contribution in [3.8, 4) is 11.4 Å². The van der Waals surface area contributed by atoms with Crippen LogP contribution in [0.2, 0.25) is 0 Å². The van der Waals surface area contributed by atoms with Gasteiger partial charge >= 0.3 is 0 Å². The van der Waals surface area contributed by atoms with E-state index in [-0.39, 0.29) is 0 Å². The Bertz CT molecular complexity index is 656. The van der Waals surface area contributed by atoms with Crippen LogP contribution < -0.4 is 0 Å². The highest BCUT2D eigenvalue weighted by Gasteiger charge is 2.08. The van der Waals surface area contributed by atoms with E-state index in [1.54, 1.807) is 0 Å². The van der Waals surface area contributed by atoms with Crippen molar-refractivity contribution in [2.45, 2.75) is 0 Å². The average molecular weight is 352 g/mol. The quantitative estimate of drug-likeness (QED) is 0.673. The Morgan fingerprint density at radius 3 is 2.65 bits per heavy atom. The summed E-state index contributed by atoms with van der Waals surface area (Å²) in [7, 11) is 0. The molecule has 1 N–H and O–H groups in total. The highest BCUT2D eigenvalue weighted by molar-refractivity contribution is 9.11. The van der Waals surface area contributed by atoms with Gasteiger partial charge in [0, 0.05) is 14.5 Å². The van der Waals surface area contributed by atoms with E-state index in [2.05, 4.69) is 41.8 Å². The van der Waals surface area contributed by atoms with Crippen LogP contribution in [0.3, 0.4) is 0 Å². The van der Waals surface area contributed by atoms with Gasteiger partial charge in [-0.25, -0.2) is 4.98 Å². The largest absolute Gasteiger partial charge is 0.338 e. The molecule has 3 aromatic rings. The molecule has 0 spiro atoms. The number of fused-ring (bicyclic) bond motifs is 1. The van der Waals surface area contributed by atoms with Crippen molar-refractivity contribution in [2.24, 2.45) is 0 Å². The molecule has 1 aromatic heterocycles. The zero-order valence-corrected chi connectivity index (χ0v) is 11.9. The van der Waals surface area contributed by atoms with Crippen molar-refractivity contribution >= 4 is 42.9 Å². The second-order valence-electron chi connectivity index (χ2n) is 3.73. The molecule has 2 aromatic carbocycles. The fourth-order valence-corrected chi connectivity index (χ4v) is 2.55. The molecule has 1 heterocycles. The number of para-hydroxylation sites is 2. The summed E-state index contributed by atoms with van der Waals surface area (Å²) >= 11 is 7.02. The summed E-state index contributed by atoms with van der Waals surface area (Å²) in [6.07, 6.45) is 0. The van der Waals surface area contributed by atoms with E-state index in [0.717, 1.165) is 31.4 Å². The summed E-state index contributed by atoms with van der Waals surface area (Å²) in [6, 6.07) is 14.1. The smallest absolute Gasteiger partial charge is 0.139 e. The maximum atomic E-state index is 4.58. The number of benzene rings is 2. The van der Waals surface area contributed by atoms with Crippen molar-refractivity contribution < 1.29 is 0 Å². The highest BCUT2D eigenvalue weighted by atomic mass is 79.9. The lowest BCUT2D eigenvalue weighted by Gasteiger charge is -2.01. The minimum absolute atomic E-state index is 0.874. The Kier molecular flexibility index (Phi) is 2.76. The van der Waals surface area contributed by atoms with Gasteiger partial charge in [0.15, 0.2) is 0 Å². The Morgan fingerprint density at radius 1 is 1.00 bits per heavy atom. The summed E-state index contributed by atoms with van der Waals surface area (Å²) in [5.74, 6) is 0.874. The Morgan fingerprint density at radius 2 is 1.82 bits per heavy atom. The Hall–Kier alpha value is -1.13. The molecule has 3 rings (SSSR count). The van der Waals surface area contributed by atoms with E-state index in [0.29, 0.717) is 0 Å². The van der Waals surface area contributed by atoms with Crippen LogP contribution in [0.5, 0.6) is 0 Å². The lowest BCUT2D eigenvalue weighted by Crippen LogP contribution is -1.82. The van der Waals surface area contributed by atoms with Gasteiger partial charge in [0.05, 0.1) is 11.0 Å². The molecular weight excluding hydrogens is 344 g/mol. The minimum atomic E-state index is 0.874. The van der Waals surface area contributed by atoms with E-state index in [1.165, 1.54) is 0 Å². The molecule has 0 amide bonds. The molecule has 0 saturated heterocycles. The molecule has 0 unspecified atom stereocenters. The van der Waals surface area contributed by atoms with E-state index >= 15 is 0 Å². The maximum Gasteiger partial charge on any atom is 0.139 e. The van der Waals surface area contributed by atoms with Gasteiger partial charge in [-0.3, -0.25) is 0 Å². The number of nitrogens with one attached hydrogen (secondary N) is 1. The van der Waals surface area contributed by atoms with Crippen molar-refractivity contribution in [1.82, 2.24) is 9.97 Å². The van der Waals surface area contributed by atoms with Crippen molar-refractivity contribution in [2.75, 3.05) is 0 Å². The molecule has 2 nitrogen and oxygen atoms in total. The normalized spacial score (nSPS) is 10.9. The maximum absolute atomic E-state index is 4.58. The minimum Gasteiger partial charge on any atom is -0.338 e. The summed E-state index contributed by atoms with van der Waals surface area (Å²) < 4.78 is 2.07. The number of aromatic nitrogens is 2. The molecule has 0 saturated carbocycles. The molecule has 0 radical (unpaired) electrons. The molecule has 0 aliphatic heterocycles. The van der Waals surface area contributed by atoms with E-state index in [1.807, 2.05) is 42.5 Å². The van der Waals surface area contributed by atoms with Crippen molar-refractivity contribution in [3.05, 3.63) is 51.4 Å². The zero-order valence-electron chi connectivity index (χ0n) is 8.74. The molecule has 0 aliphatic carbocycles. The van der Waals surface area contributed by atoms with Crippen molar-refractivity contribution in [1.29, 1.82) is 0 Å². The fraction of sp³-hybridized carbons (Fsp3) is 0. The number of hydrogen-bond donors (Lipinski definition) is 1. The first-order chi connectivity index (χ1) is 8.24. The second kappa shape index (κ2) is 4.27. The van der Waals surface area contributed by atoms with Gasteiger partial charge in [-0.05, 0) is 30.3 Å². The van der Waals surface area contributed by atoms with Crippen LogP contribution in [0.15, 0.2) is 51.4 Å². The third kappa shape index (κ3) is 2.03. The second-order valence-corrected chi connectivity index (χ2v) is 5.50. The predicted molar refractivity (Wildman–Crippen MR) is 76.9 cm³/mol. The molecule has 84 valence electrons. The first kappa shape index (κ1) is 11.0. The fourth-order valence-electron chi connectivity index (χ4n) is 1.76. The lowest BCUT2D eigenvalue weighted by molar-refractivity contribution is 1.32. The predicted octanol–water partition coefficient (Wildman–Crippen LogP) is 4.75. The molecular formula is C13H8Br2N2. The molecule has 0 atom stereocenters. The van der Waals surface area contributed by atoms with Crippen LogP contribution in [-0.4, -0.2) is 9.97 Å². The van der Waals surface area contributed by atoms with Gasteiger partial charge in [-0.2, -0.15) is 0 Å². The van der Waals surface area contributed by atoms with Crippen LogP contribution in [0.4, 0.5) is 0 Å². The average Bonchev–Trinajstić information content (AvgIpc) is 2.75. The number of H-pyrrole nitrogens is 1. The molecule has 0 bridgehead atoms. The number of hydrogen-bond acceptors (Lipinski definition) is 1. The number of nitrogens with zero attached hydrogens (tertiary/aromatic N) is 1. The molecule has 17 heavy (non-hydrogen) atoms. The van der Waals surface area contributed by atoms with Crippen LogP contribution in [0.1, 0.15) is 0 Å². The summed E-state index contributed by atoms with van der Waals surface area (Å²) in [4.78, 5) is 7.90. The third-order valence-electron chi connectivity index (χ3n) is 2.57. The number of halogens is 2. The van der Waals surface area contributed by atoms with E-state index in [9.17, 15) is 0 Å². The van der Waals surface area contributed by atoms with Gasteiger partial charge in [0.2, 0.25) is 0 Å².